The third-order valence-corrected chi connectivity index (χ3v) is 7.36. The molecule has 5 atom stereocenters. The van der Waals surface area contributed by atoms with Crippen LogP contribution in [0.3, 0.4) is 0 Å². The quantitative estimate of drug-likeness (QED) is 0.164. The zero-order chi connectivity index (χ0) is 36.0. The fourth-order valence-corrected chi connectivity index (χ4v) is 4.91. The van der Waals surface area contributed by atoms with Crippen LogP contribution in [0.2, 0.25) is 0 Å². The molecule has 0 bridgehead atoms. The predicted molar refractivity (Wildman–Crippen MR) is 173 cm³/mol. The summed E-state index contributed by atoms with van der Waals surface area (Å²) in [5, 5.41) is 0. The van der Waals surface area contributed by atoms with E-state index in [1.54, 1.807) is 72.8 Å². The highest BCUT2D eigenvalue weighted by Gasteiger charge is 2.53. The first-order valence-corrected chi connectivity index (χ1v) is 15.8. The van der Waals surface area contributed by atoms with Gasteiger partial charge in [-0.2, -0.15) is 0 Å². The Balaban J connectivity index is 1.66. The normalized spacial score (nSPS) is 19.8. The number of Topliss-reactive ketones (excluding diaryl/α,β-unsaturated/α-hetero) is 1. The van der Waals surface area contributed by atoms with E-state index in [2.05, 4.69) is 0 Å². The van der Waals surface area contributed by atoms with Crippen molar-refractivity contribution in [2.75, 3.05) is 6.61 Å². The van der Waals surface area contributed by atoms with Gasteiger partial charge in [-0.1, -0.05) is 60.7 Å². The number of carbonyl (C=O) groups excluding carboxylic acids is 6. The molecule has 13 heteroatoms. The van der Waals surface area contributed by atoms with Crippen LogP contribution >= 0.6 is 0 Å². The molecule has 264 valence electrons. The number of carbonyl (C=O) groups is 6. The Hall–Kier alpha value is -5.40. The van der Waals surface area contributed by atoms with Crippen LogP contribution < -0.4 is 0 Å². The van der Waals surface area contributed by atoms with E-state index >= 15 is 0 Å². The molecule has 3 aromatic rings. The summed E-state index contributed by atoms with van der Waals surface area (Å²) in [6.07, 6.45) is -7.56. The number of ether oxygens (including phenoxy) is 7. The molecule has 0 unspecified atom stereocenters. The summed E-state index contributed by atoms with van der Waals surface area (Å²) >= 11 is 0. The molecule has 0 saturated carbocycles. The first kappa shape index (κ1) is 37.4. The van der Waals surface area contributed by atoms with Crippen molar-refractivity contribution in [3.05, 3.63) is 107 Å². The molecular weight excluding hydrogens is 652 g/mol. The van der Waals surface area contributed by atoms with Crippen LogP contribution in [-0.2, 0) is 65.5 Å². The molecule has 0 amide bonds. The van der Waals surface area contributed by atoms with Gasteiger partial charge in [-0.25, -0.2) is 9.59 Å². The highest BCUT2D eigenvalue weighted by atomic mass is 16.7. The first-order valence-electron chi connectivity index (χ1n) is 15.8. The van der Waals surface area contributed by atoms with Crippen molar-refractivity contribution >= 4 is 35.6 Å². The van der Waals surface area contributed by atoms with Gasteiger partial charge in [-0.05, 0) is 42.3 Å². The molecule has 1 heterocycles. The van der Waals surface area contributed by atoms with Crippen LogP contribution in [0, 0.1) is 0 Å². The lowest BCUT2D eigenvalue weighted by Gasteiger charge is -2.44. The molecule has 13 nitrogen and oxygen atoms in total. The third-order valence-electron chi connectivity index (χ3n) is 7.36. The minimum atomic E-state index is -1.49. The maximum atomic E-state index is 13.3. The minimum Gasteiger partial charge on any atom is -0.461 e. The van der Waals surface area contributed by atoms with E-state index in [0.29, 0.717) is 5.56 Å². The maximum Gasteiger partial charge on any atom is 0.338 e. The van der Waals surface area contributed by atoms with Gasteiger partial charge in [0.1, 0.15) is 25.1 Å². The number of esters is 5. The zero-order valence-corrected chi connectivity index (χ0v) is 27.8. The Bertz CT molecular complexity index is 1620. The highest BCUT2D eigenvalue weighted by molar-refractivity contribution is 5.90. The van der Waals surface area contributed by atoms with Gasteiger partial charge in [0.2, 0.25) is 0 Å². The van der Waals surface area contributed by atoms with E-state index in [-0.39, 0.29) is 43.0 Å². The van der Waals surface area contributed by atoms with Crippen molar-refractivity contribution in [3.8, 4) is 0 Å². The summed E-state index contributed by atoms with van der Waals surface area (Å²) in [6.45, 7) is 3.25. The van der Waals surface area contributed by atoms with Gasteiger partial charge in [0, 0.05) is 20.3 Å². The fraction of sp³-hybridized carbons (Fsp3) is 0.351. The van der Waals surface area contributed by atoms with Gasteiger partial charge in [-0.3, -0.25) is 14.4 Å². The highest BCUT2D eigenvalue weighted by Crippen LogP contribution is 2.31. The van der Waals surface area contributed by atoms with E-state index in [1.807, 2.05) is 0 Å². The molecule has 50 heavy (non-hydrogen) atoms. The van der Waals surface area contributed by atoms with Gasteiger partial charge in [-0.15, -0.1) is 0 Å². The monoisotopic (exact) mass is 690 g/mol. The number of hydrogen-bond donors (Lipinski definition) is 0. The maximum absolute atomic E-state index is 13.3. The third kappa shape index (κ3) is 11.3. The van der Waals surface area contributed by atoms with Crippen molar-refractivity contribution in [1.29, 1.82) is 0 Å². The number of hydrogen-bond acceptors (Lipinski definition) is 13. The zero-order valence-electron chi connectivity index (χ0n) is 27.8. The van der Waals surface area contributed by atoms with Crippen molar-refractivity contribution in [3.63, 3.8) is 0 Å². The second kappa shape index (κ2) is 18.4. The summed E-state index contributed by atoms with van der Waals surface area (Å²) in [5.74, 6) is -3.82. The summed E-state index contributed by atoms with van der Waals surface area (Å²) in [6, 6.07) is 23.1. The Morgan fingerprint density at radius 3 is 1.72 bits per heavy atom. The average molecular weight is 691 g/mol. The van der Waals surface area contributed by atoms with Crippen LogP contribution in [-0.4, -0.2) is 72.9 Å². The van der Waals surface area contributed by atoms with Gasteiger partial charge >= 0.3 is 29.8 Å². The number of benzene rings is 3. The van der Waals surface area contributed by atoms with Crippen molar-refractivity contribution in [2.45, 2.75) is 77.5 Å². The lowest BCUT2D eigenvalue weighted by molar-refractivity contribution is -0.307. The lowest BCUT2D eigenvalue weighted by Crippen LogP contribution is -2.63. The Morgan fingerprint density at radius 2 is 1.16 bits per heavy atom. The topological polar surface area (TPSA) is 167 Å². The molecule has 1 aliphatic rings. The minimum absolute atomic E-state index is 0.0830. The van der Waals surface area contributed by atoms with Crippen molar-refractivity contribution < 1.29 is 61.9 Å². The molecule has 4 rings (SSSR count). The predicted octanol–water partition coefficient (Wildman–Crippen LogP) is 4.29. The molecule has 1 fully saturated rings. The van der Waals surface area contributed by atoms with Crippen molar-refractivity contribution in [2.24, 2.45) is 0 Å². The van der Waals surface area contributed by atoms with Crippen LogP contribution in [0.1, 0.15) is 65.5 Å². The van der Waals surface area contributed by atoms with E-state index in [4.69, 9.17) is 33.2 Å². The van der Waals surface area contributed by atoms with Crippen LogP contribution in [0.4, 0.5) is 0 Å². The number of ketones is 1. The van der Waals surface area contributed by atoms with Crippen LogP contribution in [0.25, 0.3) is 0 Å². The second-order valence-corrected chi connectivity index (χ2v) is 11.4. The standard InChI is InChI=1S/C37H38O13/c1-23(38)14-19-31(41)49-32-30(22-45-35(42)28-10-6-4-7-11-28)48-37(46-21-27-17-15-26(16-18-27)20-44-24(2)39)34(33(32)47-25(3)40)50-36(43)29-12-8-5-9-13-29/h4-13,15-18,30,32-34,37H,14,19-22H2,1-3H3/t30-,32+,33+,34-,37-/m1/s1. The molecule has 0 aromatic heterocycles. The molecule has 3 aromatic carbocycles. The van der Waals surface area contributed by atoms with Gasteiger partial charge in [0.15, 0.2) is 24.6 Å². The molecule has 1 saturated heterocycles. The summed E-state index contributed by atoms with van der Waals surface area (Å²) < 4.78 is 40.1. The lowest BCUT2D eigenvalue weighted by atomic mass is 9.97. The average Bonchev–Trinajstić information content (AvgIpc) is 3.11. The summed E-state index contributed by atoms with van der Waals surface area (Å²) in [4.78, 5) is 74.5. The van der Waals surface area contributed by atoms with Gasteiger partial charge in [0.05, 0.1) is 24.2 Å². The first-order chi connectivity index (χ1) is 24.0. The van der Waals surface area contributed by atoms with E-state index < -0.39 is 67.2 Å². The molecular formula is C37H38O13. The smallest absolute Gasteiger partial charge is 0.338 e. The largest absolute Gasteiger partial charge is 0.461 e. The Labute approximate surface area is 288 Å². The molecule has 1 aliphatic heterocycles. The Kier molecular flexibility index (Phi) is 13.8. The van der Waals surface area contributed by atoms with E-state index in [9.17, 15) is 28.8 Å². The van der Waals surface area contributed by atoms with Crippen LogP contribution in [0.15, 0.2) is 84.9 Å². The summed E-state index contributed by atoms with van der Waals surface area (Å²) in [5.41, 5.74) is 1.80. The fourth-order valence-electron chi connectivity index (χ4n) is 4.91. The molecule has 0 spiro atoms. The van der Waals surface area contributed by atoms with E-state index in [0.717, 1.165) is 12.5 Å². The Morgan fingerprint density at radius 1 is 0.580 bits per heavy atom. The van der Waals surface area contributed by atoms with E-state index in [1.165, 1.54) is 26.0 Å². The molecule has 0 N–H and O–H groups in total. The second-order valence-electron chi connectivity index (χ2n) is 11.4. The van der Waals surface area contributed by atoms with Gasteiger partial charge < -0.3 is 38.0 Å². The van der Waals surface area contributed by atoms with Crippen LogP contribution in [0.5, 0.6) is 0 Å². The van der Waals surface area contributed by atoms with Gasteiger partial charge in [0.25, 0.3) is 0 Å². The molecule has 0 radical (unpaired) electrons. The summed E-state index contributed by atoms with van der Waals surface area (Å²) in [7, 11) is 0. The number of rotatable bonds is 15. The van der Waals surface area contributed by atoms with Crippen molar-refractivity contribution in [1.82, 2.24) is 0 Å². The molecule has 0 aliphatic carbocycles. The SMILES string of the molecule is CC(=O)CCC(=O)O[C@@H]1[C@H](OC(C)=O)[C@@H](OC(=O)c2ccccc2)[C@H](OCc2ccc(COC(C)=O)cc2)O[C@@H]1COC(=O)c1ccccc1.